The van der Waals surface area contributed by atoms with Gasteiger partial charge in [-0.05, 0) is 36.6 Å². The molecule has 5 heteroatoms. The quantitative estimate of drug-likeness (QED) is 0.366. The smallest absolute Gasteiger partial charge is 0.768 e. The topological polar surface area (TPSA) is 53.0 Å². The molecule has 1 aromatic heterocycles. The van der Waals surface area contributed by atoms with E-state index in [4.69, 9.17) is 0 Å². The first-order valence-corrected chi connectivity index (χ1v) is 4.21. The van der Waals surface area contributed by atoms with Crippen LogP contribution in [0.25, 0.3) is 0 Å². The number of hydrogen-bond donors (Lipinski definition) is 0. The maximum atomic E-state index is 10.4. The Morgan fingerprint density at radius 1 is 1.50 bits per heavy atom. The normalized spacial score (nSPS) is 11.9. The Morgan fingerprint density at radius 2 is 2.08 bits per heavy atom. The Morgan fingerprint density at radius 3 is 2.50 bits per heavy atom. The van der Waals surface area contributed by atoms with Crippen molar-refractivity contribution < 1.29 is 27.6 Å². The van der Waals surface area contributed by atoms with Crippen molar-refractivity contribution in [3.8, 4) is 0 Å². The summed E-state index contributed by atoms with van der Waals surface area (Å²) in [5.41, 5.74) is 1.76. The predicted molar refractivity (Wildman–Crippen MR) is 40.9 cm³/mol. The average Bonchev–Trinajstić information content (AvgIpc) is 1.94. The van der Waals surface area contributed by atoms with Crippen LogP contribution >= 0.6 is 0 Å². The van der Waals surface area contributed by atoms with Crippen molar-refractivity contribution in [1.82, 2.24) is 4.98 Å². The van der Waals surface area contributed by atoms with Crippen molar-refractivity contribution in [3.05, 3.63) is 23.5 Å². The van der Waals surface area contributed by atoms with Crippen LogP contribution in [0.15, 0.2) is 17.2 Å². The Labute approximate surface area is 86.1 Å². The molecule has 0 aliphatic carbocycles. The monoisotopic (exact) mass is 177 g/mol. The van der Waals surface area contributed by atoms with Gasteiger partial charge in [0.05, 0.1) is 0 Å². The molecule has 0 aromatic carbocycles. The van der Waals surface area contributed by atoms with Gasteiger partial charge in [0.2, 0.25) is 0 Å². The standard InChI is InChI=1S/C7H9NO2S.Li/c1-5-3-7(11(9)10)4-8-6(5)2;/h3-4H,1-2H3,(H,9,10);/q;+1/p-1. The third-order valence-corrected chi connectivity index (χ3v) is 2.12. The molecular formula is C7H8LiNO2S. The van der Waals surface area contributed by atoms with Gasteiger partial charge in [-0.25, -0.2) is 0 Å². The van der Waals surface area contributed by atoms with E-state index >= 15 is 0 Å². The van der Waals surface area contributed by atoms with Gasteiger partial charge in [0.25, 0.3) is 0 Å². The Hall–Kier alpha value is -0.143. The molecule has 1 heterocycles. The van der Waals surface area contributed by atoms with Gasteiger partial charge in [0.15, 0.2) is 0 Å². The molecule has 1 rings (SSSR count). The Bertz CT molecular complexity index is 303. The zero-order valence-electron chi connectivity index (χ0n) is 7.33. The summed E-state index contributed by atoms with van der Waals surface area (Å²) in [4.78, 5) is 4.15. The molecule has 0 bridgehead atoms. The summed E-state index contributed by atoms with van der Waals surface area (Å²) in [7, 11) is 0. The molecule has 0 saturated heterocycles. The van der Waals surface area contributed by atoms with Crippen LogP contribution in [0, 0.1) is 13.8 Å². The molecule has 0 fully saturated rings. The molecule has 12 heavy (non-hydrogen) atoms. The van der Waals surface area contributed by atoms with E-state index in [2.05, 4.69) is 4.98 Å². The van der Waals surface area contributed by atoms with Gasteiger partial charge >= 0.3 is 18.9 Å². The fraction of sp³-hybridized carbons (Fsp3) is 0.286. The van der Waals surface area contributed by atoms with Crippen molar-refractivity contribution in [1.29, 1.82) is 0 Å². The molecule has 1 aromatic rings. The Balaban J connectivity index is 0.00000121. The molecule has 3 nitrogen and oxygen atoms in total. The molecule has 0 aliphatic rings. The predicted octanol–water partition coefficient (Wildman–Crippen LogP) is -2.06. The van der Waals surface area contributed by atoms with E-state index in [1.807, 2.05) is 13.8 Å². The van der Waals surface area contributed by atoms with Crippen LogP contribution in [-0.4, -0.2) is 13.7 Å². The molecular weight excluding hydrogens is 169 g/mol. The van der Waals surface area contributed by atoms with E-state index in [-0.39, 0.29) is 23.8 Å². The van der Waals surface area contributed by atoms with E-state index < -0.39 is 11.1 Å². The first kappa shape index (κ1) is 11.9. The van der Waals surface area contributed by atoms with E-state index in [0.29, 0.717) is 0 Å². The maximum absolute atomic E-state index is 10.4. The van der Waals surface area contributed by atoms with Gasteiger partial charge < -0.3 is 4.55 Å². The summed E-state index contributed by atoms with van der Waals surface area (Å²) in [5, 5.41) is 0. The molecule has 0 amide bonds. The van der Waals surface area contributed by atoms with Gasteiger partial charge in [0.1, 0.15) is 0 Å². The SMILES string of the molecule is Cc1cc(S(=O)[O-])cnc1C.[Li+]. The van der Waals surface area contributed by atoms with Crippen LogP contribution in [0.4, 0.5) is 0 Å². The van der Waals surface area contributed by atoms with Crippen molar-refractivity contribution in [3.63, 3.8) is 0 Å². The molecule has 60 valence electrons. The van der Waals surface area contributed by atoms with Crippen molar-refractivity contribution in [2.75, 3.05) is 0 Å². The maximum Gasteiger partial charge on any atom is 1.00 e. The van der Waals surface area contributed by atoms with E-state index in [0.717, 1.165) is 11.3 Å². The van der Waals surface area contributed by atoms with Crippen LogP contribution in [0.5, 0.6) is 0 Å². The summed E-state index contributed by atoms with van der Waals surface area (Å²) < 4.78 is 20.8. The average molecular weight is 177 g/mol. The number of rotatable bonds is 1. The molecule has 0 aliphatic heterocycles. The van der Waals surface area contributed by atoms with E-state index in [9.17, 15) is 8.76 Å². The first-order chi connectivity index (χ1) is 5.11. The van der Waals surface area contributed by atoms with Gasteiger partial charge in [-0.1, -0.05) is 0 Å². The summed E-state index contributed by atoms with van der Waals surface area (Å²) in [5.74, 6) is 0. The molecule has 0 spiro atoms. The van der Waals surface area contributed by atoms with Gasteiger partial charge in [-0.2, -0.15) is 0 Å². The van der Waals surface area contributed by atoms with Crippen LogP contribution < -0.4 is 18.9 Å². The second kappa shape index (κ2) is 4.78. The number of pyridine rings is 1. The number of aryl methyl sites for hydroxylation is 2. The fourth-order valence-corrected chi connectivity index (χ4v) is 1.12. The second-order valence-electron chi connectivity index (χ2n) is 2.31. The molecule has 0 saturated carbocycles. The largest absolute Gasteiger partial charge is 1.00 e. The summed E-state index contributed by atoms with van der Waals surface area (Å²) >= 11 is -2.16. The van der Waals surface area contributed by atoms with Crippen LogP contribution in [0.1, 0.15) is 11.3 Å². The van der Waals surface area contributed by atoms with Gasteiger partial charge in [-0.3, -0.25) is 9.19 Å². The summed E-state index contributed by atoms with van der Waals surface area (Å²) in [6.45, 7) is 3.67. The minimum atomic E-state index is -2.16. The zero-order valence-corrected chi connectivity index (χ0v) is 8.14. The van der Waals surface area contributed by atoms with Crippen molar-refractivity contribution in [2.24, 2.45) is 0 Å². The van der Waals surface area contributed by atoms with Crippen LogP contribution in [0.3, 0.4) is 0 Å². The van der Waals surface area contributed by atoms with Crippen LogP contribution in [-0.2, 0) is 11.1 Å². The second-order valence-corrected chi connectivity index (χ2v) is 3.25. The van der Waals surface area contributed by atoms with Crippen molar-refractivity contribution in [2.45, 2.75) is 18.7 Å². The first-order valence-electron chi connectivity index (χ1n) is 3.14. The number of hydrogen-bond acceptors (Lipinski definition) is 3. The van der Waals surface area contributed by atoms with Gasteiger partial charge in [-0.15, -0.1) is 0 Å². The number of nitrogens with zero attached hydrogens (tertiary/aromatic N) is 1. The third-order valence-electron chi connectivity index (χ3n) is 1.51. The summed E-state index contributed by atoms with van der Waals surface area (Å²) in [6, 6.07) is 1.60. The van der Waals surface area contributed by atoms with E-state index in [1.165, 1.54) is 6.20 Å². The Kier molecular flexibility index (Phi) is 4.72. The fourth-order valence-electron chi connectivity index (χ4n) is 0.709. The zero-order chi connectivity index (χ0) is 8.43. The summed E-state index contributed by atoms with van der Waals surface area (Å²) in [6.07, 6.45) is 1.35. The molecule has 0 radical (unpaired) electrons. The number of aromatic nitrogens is 1. The van der Waals surface area contributed by atoms with Crippen LogP contribution in [0.2, 0.25) is 0 Å². The molecule has 1 atom stereocenters. The minimum Gasteiger partial charge on any atom is -0.768 e. The molecule has 1 unspecified atom stereocenters. The van der Waals surface area contributed by atoms with Gasteiger partial charge in [0, 0.05) is 16.8 Å². The molecule has 0 N–H and O–H groups in total. The van der Waals surface area contributed by atoms with Crippen molar-refractivity contribution >= 4 is 11.1 Å². The third kappa shape index (κ3) is 2.72. The van der Waals surface area contributed by atoms with E-state index in [1.54, 1.807) is 6.07 Å². The minimum absolute atomic E-state index is 0.